The number of aliphatic hydroxyl groups is 1. The van der Waals surface area contributed by atoms with Crippen molar-refractivity contribution >= 4 is 10.0 Å². The number of benzene rings is 1. The summed E-state index contributed by atoms with van der Waals surface area (Å²) in [5.41, 5.74) is 0.0739. The van der Waals surface area contributed by atoms with Gasteiger partial charge in [-0.25, -0.2) is 13.1 Å². The Morgan fingerprint density at radius 3 is 2.21 bits per heavy atom. The Kier molecular flexibility index (Phi) is 5.12. The minimum Gasteiger partial charge on any atom is -0.389 e. The fraction of sp³-hybridized carbons (Fsp3) is 0.571. The number of rotatable bonds is 6. The van der Waals surface area contributed by atoms with E-state index in [1.54, 1.807) is 19.1 Å². The van der Waals surface area contributed by atoms with Gasteiger partial charge in [-0.05, 0) is 37.0 Å². The van der Waals surface area contributed by atoms with E-state index in [-0.39, 0.29) is 11.4 Å². The van der Waals surface area contributed by atoms with Crippen LogP contribution in [-0.4, -0.2) is 25.7 Å². The van der Waals surface area contributed by atoms with E-state index in [4.69, 9.17) is 0 Å². The number of hydrogen-bond acceptors (Lipinski definition) is 3. The molecule has 0 aliphatic heterocycles. The van der Waals surface area contributed by atoms with Crippen LogP contribution in [0.15, 0.2) is 29.2 Å². The van der Waals surface area contributed by atoms with E-state index in [0.29, 0.717) is 12.3 Å². The number of sulfonamides is 1. The Morgan fingerprint density at radius 2 is 1.79 bits per heavy atom. The topological polar surface area (TPSA) is 66.4 Å². The summed E-state index contributed by atoms with van der Waals surface area (Å²) in [7, 11) is -3.56. The van der Waals surface area contributed by atoms with Crippen molar-refractivity contribution in [2.24, 2.45) is 0 Å². The molecule has 0 radical (unpaired) electrons. The highest BCUT2D eigenvalue weighted by Gasteiger charge is 2.22. The molecule has 0 saturated carbocycles. The van der Waals surface area contributed by atoms with Gasteiger partial charge in [0.2, 0.25) is 10.0 Å². The van der Waals surface area contributed by atoms with Crippen molar-refractivity contribution in [2.75, 3.05) is 6.54 Å². The largest absolute Gasteiger partial charge is 0.389 e. The second-order valence-corrected chi connectivity index (χ2v) is 7.17. The van der Waals surface area contributed by atoms with Crippen molar-refractivity contribution < 1.29 is 13.5 Å². The predicted octanol–water partition coefficient (Wildman–Crippen LogP) is 2.25. The third kappa shape index (κ3) is 4.60. The number of hydrogen-bond donors (Lipinski definition) is 2. The molecule has 0 fully saturated rings. The highest BCUT2D eigenvalue weighted by Crippen LogP contribution is 2.17. The SMILES string of the molecule is CCC(C)(O)CNS(=O)(=O)c1ccc(C(C)C)cc1. The second kappa shape index (κ2) is 6.03. The highest BCUT2D eigenvalue weighted by atomic mass is 32.2. The zero-order valence-electron chi connectivity index (χ0n) is 12.0. The Morgan fingerprint density at radius 1 is 1.26 bits per heavy atom. The van der Waals surface area contributed by atoms with Crippen LogP contribution in [0, 0.1) is 0 Å². The molecule has 1 rings (SSSR count). The fourth-order valence-corrected chi connectivity index (χ4v) is 2.65. The maximum atomic E-state index is 12.1. The summed E-state index contributed by atoms with van der Waals surface area (Å²) in [6.07, 6.45) is 0.488. The Hall–Kier alpha value is -0.910. The molecule has 0 aliphatic carbocycles. The first-order valence-electron chi connectivity index (χ1n) is 6.50. The molecule has 0 heterocycles. The second-order valence-electron chi connectivity index (χ2n) is 5.40. The summed E-state index contributed by atoms with van der Waals surface area (Å²) in [4.78, 5) is 0.226. The Balaban J connectivity index is 2.83. The lowest BCUT2D eigenvalue weighted by molar-refractivity contribution is 0.0613. The van der Waals surface area contributed by atoms with E-state index in [1.165, 1.54) is 0 Å². The molecule has 19 heavy (non-hydrogen) atoms. The van der Waals surface area contributed by atoms with Gasteiger partial charge in [-0.3, -0.25) is 0 Å². The molecule has 0 aromatic heterocycles. The van der Waals surface area contributed by atoms with Crippen molar-refractivity contribution in [2.45, 2.75) is 50.5 Å². The summed E-state index contributed by atoms with van der Waals surface area (Å²) < 4.78 is 26.5. The zero-order chi connectivity index (χ0) is 14.7. The molecule has 108 valence electrons. The average molecular weight is 285 g/mol. The van der Waals surface area contributed by atoms with Gasteiger partial charge in [-0.1, -0.05) is 32.9 Å². The molecule has 1 aromatic carbocycles. The minimum absolute atomic E-state index is 0.0117. The van der Waals surface area contributed by atoms with Crippen LogP contribution in [0.2, 0.25) is 0 Å². The van der Waals surface area contributed by atoms with Gasteiger partial charge >= 0.3 is 0 Å². The van der Waals surface area contributed by atoms with Crippen LogP contribution in [-0.2, 0) is 10.0 Å². The van der Waals surface area contributed by atoms with E-state index in [2.05, 4.69) is 18.6 Å². The molecule has 1 aromatic rings. The molecular formula is C14H23NO3S. The maximum Gasteiger partial charge on any atom is 0.240 e. The molecule has 0 aliphatic rings. The van der Waals surface area contributed by atoms with E-state index < -0.39 is 15.6 Å². The van der Waals surface area contributed by atoms with Crippen molar-refractivity contribution in [3.8, 4) is 0 Å². The van der Waals surface area contributed by atoms with Crippen LogP contribution in [0.25, 0.3) is 0 Å². The van der Waals surface area contributed by atoms with E-state index >= 15 is 0 Å². The monoisotopic (exact) mass is 285 g/mol. The minimum atomic E-state index is -3.56. The van der Waals surface area contributed by atoms with Crippen molar-refractivity contribution in [1.82, 2.24) is 4.72 Å². The van der Waals surface area contributed by atoms with Crippen molar-refractivity contribution in [3.63, 3.8) is 0 Å². The third-order valence-corrected chi connectivity index (χ3v) is 4.68. The van der Waals surface area contributed by atoms with Crippen LogP contribution in [0.5, 0.6) is 0 Å². The molecule has 0 amide bonds. The predicted molar refractivity (Wildman–Crippen MR) is 76.6 cm³/mol. The number of nitrogens with one attached hydrogen (secondary N) is 1. The third-order valence-electron chi connectivity index (χ3n) is 3.26. The van der Waals surface area contributed by atoms with E-state index in [1.807, 2.05) is 19.1 Å². The van der Waals surface area contributed by atoms with Gasteiger partial charge in [0.1, 0.15) is 0 Å². The van der Waals surface area contributed by atoms with Crippen molar-refractivity contribution in [1.29, 1.82) is 0 Å². The van der Waals surface area contributed by atoms with Gasteiger partial charge in [-0.15, -0.1) is 0 Å². The summed E-state index contributed by atoms with van der Waals surface area (Å²) in [5.74, 6) is 0.366. The quantitative estimate of drug-likeness (QED) is 0.842. The van der Waals surface area contributed by atoms with Gasteiger partial charge in [0.05, 0.1) is 10.5 Å². The summed E-state index contributed by atoms with van der Waals surface area (Å²) >= 11 is 0. The maximum absolute atomic E-state index is 12.1. The fourth-order valence-electron chi connectivity index (χ4n) is 1.49. The van der Waals surface area contributed by atoms with Gasteiger partial charge < -0.3 is 5.11 Å². The molecule has 0 spiro atoms. The summed E-state index contributed by atoms with van der Waals surface area (Å²) in [6, 6.07) is 6.82. The molecule has 2 N–H and O–H groups in total. The molecule has 5 heteroatoms. The molecule has 0 saturated heterocycles. The average Bonchev–Trinajstić information content (AvgIpc) is 2.37. The lowest BCUT2D eigenvalue weighted by atomic mass is 10.0. The van der Waals surface area contributed by atoms with Crippen LogP contribution in [0.4, 0.5) is 0 Å². The Labute approximate surface area is 115 Å². The van der Waals surface area contributed by atoms with E-state index in [9.17, 15) is 13.5 Å². The normalized spacial score (nSPS) is 15.5. The molecular weight excluding hydrogens is 262 g/mol. The van der Waals surface area contributed by atoms with Crippen LogP contribution in [0.1, 0.15) is 45.6 Å². The van der Waals surface area contributed by atoms with Crippen molar-refractivity contribution in [3.05, 3.63) is 29.8 Å². The first-order valence-corrected chi connectivity index (χ1v) is 7.98. The zero-order valence-corrected chi connectivity index (χ0v) is 12.8. The molecule has 1 atom stereocenters. The summed E-state index contributed by atoms with van der Waals surface area (Å²) in [5, 5.41) is 9.82. The van der Waals surface area contributed by atoms with Gasteiger partial charge in [0.15, 0.2) is 0 Å². The summed E-state index contributed by atoms with van der Waals surface area (Å²) in [6.45, 7) is 7.54. The molecule has 0 bridgehead atoms. The first kappa shape index (κ1) is 16.1. The lowest BCUT2D eigenvalue weighted by Gasteiger charge is -2.21. The smallest absolute Gasteiger partial charge is 0.240 e. The first-order chi connectivity index (χ1) is 8.68. The molecule has 1 unspecified atom stereocenters. The van der Waals surface area contributed by atoms with Crippen LogP contribution < -0.4 is 4.72 Å². The lowest BCUT2D eigenvalue weighted by Crippen LogP contribution is -2.40. The molecule has 4 nitrogen and oxygen atoms in total. The van der Waals surface area contributed by atoms with Gasteiger partial charge in [-0.2, -0.15) is 0 Å². The van der Waals surface area contributed by atoms with Crippen LogP contribution >= 0.6 is 0 Å². The van der Waals surface area contributed by atoms with E-state index in [0.717, 1.165) is 5.56 Å². The van der Waals surface area contributed by atoms with Gasteiger partial charge in [0.25, 0.3) is 0 Å². The Bertz CT molecular complexity index is 504. The van der Waals surface area contributed by atoms with Crippen LogP contribution in [0.3, 0.4) is 0 Å². The highest BCUT2D eigenvalue weighted by molar-refractivity contribution is 7.89. The standard InChI is InChI=1S/C14H23NO3S/c1-5-14(4,16)10-15-19(17,18)13-8-6-12(7-9-13)11(2)3/h6-9,11,15-16H,5,10H2,1-4H3. The van der Waals surface area contributed by atoms with Gasteiger partial charge in [0, 0.05) is 6.54 Å².